The van der Waals surface area contributed by atoms with Gasteiger partial charge in [-0.05, 0) is 18.6 Å². The van der Waals surface area contributed by atoms with Crippen molar-refractivity contribution in [2.75, 3.05) is 0 Å². The van der Waals surface area contributed by atoms with Crippen molar-refractivity contribution in [1.29, 1.82) is 5.26 Å². The zero-order chi connectivity index (χ0) is 9.42. The minimum atomic E-state index is -0.314. The smallest absolute Gasteiger partial charge is 0.204 e. The number of benzene rings is 1. The summed E-state index contributed by atoms with van der Waals surface area (Å²) in [5.41, 5.74) is 0.970. The molecule has 1 heterocycles. The highest BCUT2D eigenvalue weighted by Gasteiger charge is 2.06. The van der Waals surface area contributed by atoms with Crippen LogP contribution in [0.1, 0.15) is 11.3 Å². The molecule has 0 bridgehead atoms. The highest BCUT2D eigenvalue weighted by molar-refractivity contribution is 5.79. The van der Waals surface area contributed by atoms with Gasteiger partial charge in [-0.25, -0.2) is 4.39 Å². The molecule has 1 aromatic heterocycles. The van der Waals surface area contributed by atoms with Crippen LogP contribution in [0.25, 0.3) is 11.0 Å². The van der Waals surface area contributed by atoms with E-state index in [1.807, 2.05) is 6.07 Å². The van der Waals surface area contributed by atoms with E-state index < -0.39 is 0 Å². The number of hydrogen-bond donors (Lipinski definition) is 0. The van der Waals surface area contributed by atoms with Crippen LogP contribution in [0.5, 0.6) is 0 Å². The fraction of sp³-hybridized carbons (Fsp3) is 0.100. The van der Waals surface area contributed by atoms with E-state index in [-0.39, 0.29) is 11.6 Å². The molecule has 2 nitrogen and oxygen atoms in total. The highest BCUT2D eigenvalue weighted by Crippen LogP contribution is 2.22. The van der Waals surface area contributed by atoms with Crippen molar-refractivity contribution in [3.8, 4) is 6.07 Å². The van der Waals surface area contributed by atoms with E-state index in [0.717, 1.165) is 5.39 Å². The molecular weight excluding hydrogens is 169 g/mol. The average Bonchev–Trinajstić information content (AvgIpc) is 2.48. The van der Waals surface area contributed by atoms with Gasteiger partial charge in [0, 0.05) is 17.5 Å². The first-order valence-corrected chi connectivity index (χ1v) is 3.80. The quantitative estimate of drug-likeness (QED) is 0.617. The lowest BCUT2D eigenvalue weighted by Crippen LogP contribution is -1.79. The number of furan rings is 1. The second-order valence-corrected chi connectivity index (χ2v) is 2.86. The van der Waals surface area contributed by atoms with Crippen LogP contribution in [0.3, 0.4) is 0 Å². The van der Waals surface area contributed by atoms with Crippen molar-refractivity contribution in [3.05, 3.63) is 35.3 Å². The van der Waals surface area contributed by atoms with Crippen LogP contribution in [0.2, 0.25) is 0 Å². The maximum atomic E-state index is 13.0. The van der Waals surface area contributed by atoms with Gasteiger partial charge in [-0.2, -0.15) is 5.26 Å². The predicted molar refractivity (Wildman–Crippen MR) is 45.6 cm³/mol. The van der Waals surface area contributed by atoms with E-state index in [2.05, 4.69) is 0 Å². The lowest BCUT2D eigenvalue weighted by molar-refractivity contribution is 0.585. The molecule has 2 aromatic rings. The molecule has 0 N–H and O–H groups in total. The van der Waals surface area contributed by atoms with Gasteiger partial charge in [0.25, 0.3) is 0 Å². The molecule has 0 saturated heterocycles. The first-order chi connectivity index (χ1) is 6.20. The number of rotatable bonds is 0. The van der Waals surface area contributed by atoms with Gasteiger partial charge in [-0.3, -0.25) is 0 Å². The van der Waals surface area contributed by atoms with Crippen LogP contribution < -0.4 is 0 Å². The zero-order valence-electron chi connectivity index (χ0n) is 6.97. The molecule has 0 radical (unpaired) electrons. The summed E-state index contributed by atoms with van der Waals surface area (Å²) in [6.07, 6.45) is 0. The Kier molecular flexibility index (Phi) is 1.56. The molecule has 1 aromatic carbocycles. The maximum absolute atomic E-state index is 13.0. The van der Waals surface area contributed by atoms with Gasteiger partial charge in [0.15, 0.2) is 0 Å². The first kappa shape index (κ1) is 7.81. The Morgan fingerprint density at radius 3 is 2.85 bits per heavy atom. The van der Waals surface area contributed by atoms with Crippen molar-refractivity contribution in [3.63, 3.8) is 0 Å². The number of hydrogen-bond acceptors (Lipinski definition) is 2. The Morgan fingerprint density at radius 1 is 1.38 bits per heavy atom. The van der Waals surface area contributed by atoms with E-state index in [9.17, 15) is 4.39 Å². The van der Waals surface area contributed by atoms with Crippen LogP contribution in [-0.4, -0.2) is 0 Å². The van der Waals surface area contributed by atoms with Gasteiger partial charge < -0.3 is 4.42 Å². The van der Waals surface area contributed by atoms with E-state index in [4.69, 9.17) is 9.68 Å². The molecule has 0 aliphatic heterocycles. The Labute approximate surface area is 74.2 Å². The van der Waals surface area contributed by atoms with Crippen molar-refractivity contribution >= 4 is 11.0 Å². The van der Waals surface area contributed by atoms with Gasteiger partial charge in [0.1, 0.15) is 17.5 Å². The molecule has 0 atom stereocenters. The molecule has 0 saturated carbocycles. The van der Waals surface area contributed by atoms with Crippen LogP contribution in [0.4, 0.5) is 4.39 Å². The van der Waals surface area contributed by atoms with Crippen molar-refractivity contribution in [1.82, 2.24) is 0 Å². The number of fused-ring (bicyclic) bond motifs is 1. The minimum Gasteiger partial charge on any atom is -0.445 e. The Bertz CT molecular complexity index is 468. The average molecular weight is 175 g/mol. The molecule has 2 rings (SSSR count). The summed E-state index contributed by atoms with van der Waals surface area (Å²) in [7, 11) is 0. The largest absolute Gasteiger partial charge is 0.445 e. The second kappa shape index (κ2) is 2.60. The molecule has 0 fully saturated rings. The van der Waals surface area contributed by atoms with Crippen molar-refractivity contribution in [2.45, 2.75) is 6.92 Å². The van der Waals surface area contributed by atoms with E-state index >= 15 is 0 Å². The number of nitrogens with zero attached hydrogens (tertiary/aromatic N) is 1. The van der Waals surface area contributed by atoms with Crippen molar-refractivity contribution < 1.29 is 8.81 Å². The molecular formula is C10H6FNO. The lowest BCUT2D eigenvalue weighted by Gasteiger charge is -1.93. The normalized spacial score (nSPS) is 10.2. The topological polar surface area (TPSA) is 36.9 Å². The number of halogens is 1. The fourth-order valence-electron chi connectivity index (χ4n) is 1.23. The van der Waals surface area contributed by atoms with Gasteiger partial charge in [0.2, 0.25) is 5.76 Å². The highest BCUT2D eigenvalue weighted by atomic mass is 19.1. The van der Waals surface area contributed by atoms with E-state index in [1.165, 1.54) is 6.07 Å². The standard InChI is InChI=1S/C10H6FNO/c1-6-2-7-3-8(5-12)13-10(7)4-9(6)11/h2-4H,1H3. The van der Waals surface area contributed by atoms with Gasteiger partial charge in [0.05, 0.1) is 0 Å². The first-order valence-electron chi connectivity index (χ1n) is 3.80. The summed E-state index contributed by atoms with van der Waals surface area (Å²) in [5.74, 6) is -0.105. The Hall–Kier alpha value is -1.82. The molecule has 64 valence electrons. The Morgan fingerprint density at radius 2 is 2.15 bits per heavy atom. The lowest BCUT2D eigenvalue weighted by atomic mass is 10.2. The summed E-state index contributed by atoms with van der Waals surface area (Å²) < 4.78 is 18.1. The van der Waals surface area contributed by atoms with Crippen LogP contribution >= 0.6 is 0 Å². The van der Waals surface area contributed by atoms with Crippen molar-refractivity contribution in [2.24, 2.45) is 0 Å². The molecule has 0 spiro atoms. The Balaban J connectivity index is 2.79. The minimum absolute atomic E-state index is 0.208. The van der Waals surface area contributed by atoms with Crippen LogP contribution in [0.15, 0.2) is 22.6 Å². The second-order valence-electron chi connectivity index (χ2n) is 2.86. The van der Waals surface area contributed by atoms with Crippen LogP contribution in [0, 0.1) is 24.1 Å². The summed E-state index contributed by atoms with van der Waals surface area (Å²) in [5, 5.41) is 9.30. The van der Waals surface area contributed by atoms with Gasteiger partial charge in [-0.1, -0.05) is 0 Å². The molecule has 0 aliphatic rings. The molecule has 3 heteroatoms. The SMILES string of the molecule is Cc1cc2cc(C#N)oc2cc1F. The third-order valence-corrected chi connectivity index (χ3v) is 1.91. The van der Waals surface area contributed by atoms with Gasteiger partial charge >= 0.3 is 0 Å². The summed E-state index contributed by atoms with van der Waals surface area (Å²) in [4.78, 5) is 0. The zero-order valence-corrected chi connectivity index (χ0v) is 6.97. The summed E-state index contributed by atoms with van der Waals surface area (Å²) >= 11 is 0. The molecule has 0 aliphatic carbocycles. The number of aryl methyl sites for hydroxylation is 1. The fourth-order valence-corrected chi connectivity index (χ4v) is 1.23. The van der Waals surface area contributed by atoms with Gasteiger partial charge in [-0.15, -0.1) is 0 Å². The molecule has 0 amide bonds. The third kappa shape index (κ3) is 1.17. The van der Waals surface area contributed by atoms with E-state index in [1.54, 1.807) is 19.1 Å². The third-order valence-electron chi connectivity index (χ3n) is 1.91. The molecule has 13 heavy (non-hydrogen) atoms. The molecule has 0 unspecified atom stereocenters. The predicted octanol–water partition coefficient (Wildman–Crippen LogP) is 2.75. The maximum Gasteiger partial charge on any atom is 0.204 e. The van der Waals surface area contributed by atoms with E-state index in [0.29, 0.717) is 11.1 Å². The monoisotopic (exact) mass is 175 g/mol. The summed E-state index contributed by atoms with van der Waals surface area (Å²) in [6.45, 7) is 1.67. The number of nitriles is 1. The van der Waals surface area contributed by atoms with Crippen LogP contribution in [-0.2, 0) is 0 Å². The summed E-state index contributed by atoms with van der Waals surface area (Å²) in [6, 6.07) is 6.42.